The van der Waals surface area contributed by atoms with E-state index < -0.39 is 10.2 Å². The summed E-state index contributed by atoms with van der Waals surface area (Å²) in [5, 5.41) is 3.49. The Bertz CT molecular complexity index is 391. The summed E-state index contributed by atoms with van der Waals surface area (Å²) >= 11 is 0. The van der Waals surface area contributed by atoms with E-state index >= 15 is 0 Å². The molecule has 1 N–H and O–H groups in total. The van der Waals surface area contributed by atoms with Gasteiger partial charge in [0.1, 0.15) is 0 Å². The van der Waals surface area contributed by atoms with Crippen molar-refractivity contribution in [1.82, 2.24) is 13.9 Å². The maximum atomic E-state index is 12.6. The first-order valence-corrected chi connectivity index (χ1v) is 9.42. The minimum atomic E-state index is -3.22. The molecule has 0 aliphatic carbocycles. The zero-order valence-electron chi connectivity index (χ0n) is 12.8. The molecule has 1 atom stereocenters. The molecule has 0 saturated carbocycles. The molecule has 2 aliphatic rings. The molecule has 2 saturated heterocycles. The summed E-state index contributed by atoms with van der Waals surface area (Å²) in [7, 11) is -3.22. The van der Waals surface area contributed by atoms with Gasteiger partial charge in [0.05, 0.1) is 0 Å². The van der Waals surface area contributed by atoms with Crippen LogP contribution in [0.3, 0.4) is 0 Å². The van der Waals surface area contributed by atoms with Gasteiger partial charge in [0.15, 0.2) is 0 Å². The molecule has 0 radical (unpaired) electrons. The highest BCUT2D eigenvalue weighted by Crippen LogP contribution is 2.23. The average molecular weight is 303 g/mol. The van der Waals surface area contributed by atoms with Gasteiger partial charge in [-0.1, -0.05) is 13.8 Å². The van der Waals surface area contributed by atoms with E-state index in [-0.39, 0.29) is 0 Å². The highest BCUT2D eigenvalue weighted by molar-refractivity contribution is 7.86. The second kappa shape index (κ2) is 7.20. The average Bonchev–Trinajstić information content (AvgIpc) is 2.45. The van der Waals surface area contributed by atoms with E-state index in [4.69, 9.17) is 0 Å². The lowest BCUT2D eigenvalue weighted by Gasteiger charge is -2.37. The Morgan fingerprint density at radius 1 is 1.10 bits per heavy atom. The molecule has 0 aromatic rings. The number of nitrogens with one attached hydrogen (secondary N) is 1. The Morgan fingerprint density at radius 3 is 2.40 bits per heavy atom. The summed E-state index contributed by atoms with van der Waals surface area (Å²) in [5.41, 5.74) is 0. The minimum Gasteiger partial charge on any atom is -0.314 e. The van der Waals surface area contributed by atoms with E-state index in [1.807, 2.05) is 0 Å². The lowest BCUT2D eigenvalue weighted by Crippen LogP contribution is -2.52. The molecule has 6 heteroatoms. The quantitative estimate of drug-likeness (QED) is 0.836. The molecule has 0 spiro atoms. The van der Waals surface area contributed by atoms with Gasteiger partial charge in [-0.3, -0.25) is 0 Å². The van der Waals surface area contributed by atoms with Gasteiger partial charge in [-0.05, 0) is 44.6 Å². The van der Waals surface area contributed by atoms with Gasteiger partial charge in [-0.25, -0.2) is 0 Å². The van der Waals surface area contributed by atoms with Crippen molar-refractivity contribution in [3.63, 3.8) is 0 Å². The van der Waals surface area contributed by atoms with Gasteiger partial charge in [0.2, 0.25) is 0 Å². The normalized spacial score (nSPS) is 27.8. The van der Waals surface area contributed by atoms with Crippen LogP contribution >= 0.6 is 0 Å². The standard InChI is InChI=1S/C14H29N3O2S/c1-3-8-15-14-6-10-16(11-7-14)20(18,19)17-9-4-5-13(2)12-17/h13-15H,3-12H2,1-2H3. The second-order valence-electron chi connectivity index (χ2n) is 6.24. The first-order chi connectivity index (χ1) is 9.54. The van der Waals surface area contributed by atoms with Crippen molar-refractivity contribution in [3.05, 3.63) is 0 Å². The van der Waals surface area contributed by atoms with Gasteiger partial charge < -0.3 is 5.32 Å². The summed E-state index contributed by atoms with van der Waals surface area (Å²) in [4.78, 5) is 0. The largest absolute Gasteiger partial charge is 0.314 e. The van der Waals surface area contributed by atoms with Crippen molar-refractivity contribution in [2.24, 2.45) is 5.92 Å². The fourth-order valence-corrected chi connectivity index (χ4v) is 4.96. The molecule has 0 aromatic heterocycles. The number of rotatable bonds is 5. The number of nitrogens with zero attached hydrogens (tertiary/aromatic N) is 2. The van der Waals surface area contributed by atoms with Gasteiger partial charge in [0, 0.05) is 32.2 Å². The van der Waals surface area contributed by atoms with E-state index in [1.165, 1.54) is 0 Å². The zero-order chi connectivity index (χ0) is 14.6. The van der Waals surface area contributed by atoms with E-state index in [2.05, 4.69) is 19.2 Å². The minimum absolute atomic E-state index is 0.488. The third-order valence-corrected chi connectivity index (χ3v) is 6.41. The highest BCUT2D eigenvalue weighted by Gasteiger charge is 2.34. The van der Waals surface area contributed by atoms with E-state index in [1.54, 1.807) is 8.61 Å². The number of piperidine rings is 2. The first kappa shape index (κ1) is 16.2. The van der Waals surface area contributed by atoms with Crippen LogP contribution in [0.25, 0.3) is 0 Å². The van der Waals surface area contributed by atoms with Crippen molar-refractivity contribution in [2.45, 2.75) is 52.0 Å². The highest BCUT2D eigenvalue weighted by atomic mass is 32.2. The molecule has 0 aromatic carbocycles. The smallest absolute Gasteiger partial charge is 0.281 e. The van der Waals surface area contributed by atoms with Crippen molar-refractivity contribution < 1.29 is 8.42 Å². The Hall–Kier alpha value is -0.170. The Morgan fingerprint density at radius 2 is 1.80 bits per heavy atom. The molecule has 2 heterocycles. The summed E-state index contributed by atoms with van der Waals surface area (Å²) in [6, 6.07) is 0.488. The zero-order valence-corrected chi connectivity index (χ0v) is 13.7. The molecular formula is C14H29N3O2S. The third kappa shape index (κ3) is 3.93. The van der Waals surface area contributed by atoms with Crippen molar-refractivity contribution >= 4 is 10.2 Å². The van der Waals surface area contributed by atoms with Crippen LogP contribution in [0, 0.1) is 5.92 Å². The summed E-state index contributed by atoms with van der Waals surface area (Å²) in [6.45, 7) is 8.04. The second-order valence-corrected chi connectivity index (χ2v) is 8.17. The summed E-state index contributed by atoms with van der Waals surface area (Å²) in [6.07, 6.45) is 5.14. The monoisotopic (exact) mass is 303 g/mol. The van der Waals surface area contributed by atoms with Crippen LogP contribution in [0.1, 0.15) is 46.0 Å². The van der Waals surface area contributed by atoms with Gasteiger partial charge in [-0.15, -0.1) is 0 Å². The van der Waals surface area contributed by atoms with Gasteiger partial charge >= 0.3 is 0 Å². The molecule has 0 amide bonds. The third-order valence-electron chi connectivity index (χ3n) is 4.41. The van der Waals surface area contributed by atoms with E-state index in [0.717, 1.165) is 38.6 Å². The van der Waals surface area contributed by atoms with Gasteiger partial charge in [-0.2, -0.15) is 17.0 Å². The van der Waals surface area contributed by atoms with E-state index in [9.17, 15) is 8.42 Å². The van der Waals surface area contributed by atoms with Crippen LogP contribution in [-0.2, 0) is 10.2 Å². The summed E-state index contributed by atoms with van der Waals surface area (Å²) in [5.74, 6) is 0.488. The predicted octanol–water partition coefficient (Wildman–Crippen LogP) is 1.43. The molecule has 1 unspecified atom stereocenters. The molecule has 0 bridgehead atoms. The fourth-order valence-electron chi connectivity index (χ4n) is 3.16. The number of hydrogen-bond acceptors (Lipinski definition) is 3. The van der Waals surface area contributed by atoms with Crippen LogP contribution in [0.5, 0.6) is 0 Å². The summed E-state index contributed by atoms with van der Waals surface area (Å²) < 4.78 is 28.7. The molecule has 118 valence electrons. The van der Waals surface area contributed by atoms with Gasteiger partial charge in [0.25, 0.3) is 10.2 Å². The van der Waals surface area contributed by atoms with Crippen LogP contribution in [0.4, 0.5) is 0 Å². The lowest BCUT2D eigenvalue weighted by molar-refractivity contribution is 0.235. The SMILES string of the molecule is CCCNC1CCN(S(=O)(=O)N2CCCC(C)C2)CC1. The first-order valence-electron chi connectivity index (χ1n) is 8.02. The Kier molecular flexibility index (Phi) is 5.84. The lowest BCUT2D eigenvalue weighted by atomic mass is 10.0. The Balaban J connectivity index is 1.88. The molecule has 20 heavy (non-hydrogen) atoms. The maximum absolute atomic E-state index is 12.6. The number of hydrogen-bond donors (Lipinski definition) is 1. The van der Waals surface area contributed by atoms with Crippen molar-refractivity contribution in [1.29, 1.82) is 0 Å². The molecular weight excluding hydrogens is 274 g/mol. The molecule has 2 fully saturated rings. The fraction of sp³-hybridized carbons (Fsp3) is 1.00. The molecule has 2 rings (SSSR count). The predicted molar refractivity (Wildman–Crippen MR) is 81.8 cm³/mol. The van der Waals surface area contributed by atoms with Crippen LogP contribution in [0.15, 0.2) is 0 Å². The van der Waals surface area contributed by atoms with E-state index in [0.29, 0.717) is 38.1 Å². The van der Waals surface area contributed by atoms with Crippen LogP contribution < -0.4 is 5.32 Å². The van der Waals surface area contributed by atoms with Crippen molar-refractivity contribution in [2.75, 3.05) is 32.7 Å². The molecule has 2 aliphatic heterocycles. The molecule has 5 nitrogen and oxygen atoms in total. The maximum Gasteiger partial charge on any atom is 0.281 e. The van der Waals surface area contributed by atoms with Crippen LogP contribution in [0.2, 0.25) is 0 Å². The van der Waals surface area contributed by atoms with Crippen molar-refractivity contribution in [3.8, 4) is 0 Å². The Labute approximate surface area is 123 Å². The topological polar surface area (TPSA) is 52.7 Å². The van der Waals surface area contributed by atoms with Crippen LogP contribution in [-0.4, -0.2) is 55.8 Å².